The van der Waals surface area contributed by atoms with Gasteiger partial charge in [-0.05, 0) is 53.7 Å². The molecular formula is C13H17BrN2O2. The number of benzene rings is 1. The van der Waals surface area contributed by atoms with E-state index in [0.29, 0.717) is 16.4 Å². The maximum Gasteiger partial charge on any atom is 0.285 e. The van der Waals surface area contributed by atoms with Crippen LogP contribution >= 0.6 is 15.9 Å². The first-order valence-corrected chi connectivity index (χ1v) is 7.07. The molecule has 0 saturated heterocycles. The molecule has 18 heavy (non-hydrogen) atoms. The molecular weight excluding hydrogens is 296 g/mol. The molecule has 1 saturated carbocycles. The average molecular weight is 313 g/mol. The quantitative estimate of drug-likeness (QED) is 0.664. The van der Waals surface area contributed by atoms with Crippen LogP contribution in [0.15, 0.2) is 22.7 Å². The smallest absolute Gasteiger partial charge is 0.285 e. The van der Waals surface area contributed by atoms with Gasteiger partial charge < -0.3 is 5.32 Å². The van der Waals surface area contributed by atoms with Crippen LogP contribution in [-0.2, 0) is 0 Å². The molecule has 0 bridgehead atoms. The van der Waals surface area contributed by atoms with Gasteiger partial charge in [-0.25, -0.2) is 0 Å². The minimum absolute atomic E-state index is 0.110. The minimum Gasteiger partial charge on any atom is -0.382 e. The lowest BCUT2D eigenvalue weighted by Crippen LogP contribution is -2.23. The number of hydrogen-bond donors (Lipinski definition) is 1. The highest BCUT2D eigenvalue weighted by Gasteiger charge is 2.22. The Balaban J connectivity index is 2.09. The van der Waals surface area contributed by atoms with E-state index in [-0.39, 0.29) is 10.6 Å². The van der Waals surface area contributed by atoms with Gasteiger partial charge >= 0.3 is 0 Å². The molecule has 0 heterocycles. The van der Waals surface area contributed by atoms with Gasteiger partial charge in [-0.15, -0.1) is 0 Å². The Hall–Kier alpha value is -1.10. The van der Waals surface area contributed by atoms with Gasteiger partial charge in [0.15, 0.2) is 0 Å². The highest BCUT2D eigenvalue weighted by molar-refractivity contribution is 9.10. The molecule has 4 nitrogen and oxygen atoms in total. The first kappa shape index (κ1) is 13.3. The van der Waals surface area contributed by atoms with E-state index in [4.69, 9.17) is 0 Å². The molecule has 2 rings (SSSR count). The number of nitrogens with zero attached hydrogens (tertiary/aromatic N) is 1. The van der Waals surface area contributed by atoms with Crippen molar-refractivity contribution in [3.05, 3.63) is 32.8 Å². The van der Waals surface area contributed by atoms with Crippen molar-refractivity contribution in [2.75, 3.05) is 5.32 Å². The van der Waals surface area contributed by atoms with Crippen LogP contribution in [0.5, 0.6) is 0 Å². The summed E-state index contributed by atoms with van der Waals surface area (Å²) in [5, 5.41) is 14.2. The summed E-state index contributed by atoms with van der Waals surface area (Å²) < 4.78 is 0.520. The first-order chi connectivity index (χ1) is 8.58. The lowest BCUT2D eigenvalue weighted by molar-refractivity contribution is -0.385. The Morgan fingerprint density at radius 2 is 2.11 bits per heavy atom. The van der Waals surface area contributed by atoms with Crippen molar-refractivity contribution in [3.63, 3.8) is 0 Å². The summed E-state index contributed by atoms with van der Waals surface area (Å²) in [5.41, 5.74) is 0.933. The Morgan fingerprint density at radius 3 is 2.72 bits per heavy atom. The van der Waals surface area contributed by atoms with Gasteiger partial charge in [0, 0.05) is 17.8 Å². The molecule has 1 aromatic carbocycles. The van der Waals surface area contributed by atoms with Gasteiger partial charge in [-0.2, -0.15) is 0 Å². The van der Waals surface area contributed by atoms with Crippen LogP contribution in [0.1, 0.15) is 32.6 Å². The zero-order valence-electron chi connectivity index (χ0n) is 10.4. The van der Waals surface area contributed by atoms with Crippen molar-refractivity contribution in [1.82, 2.24) is 0 Å². The third kappa shape index (κ3) is 3.02. The number of nitro benzene ring substituents is 1. The molecule has 98 valence electrons. The highest BCUT2D eigenvalue weighted by Crippen LogP contribution is 2.31. The number of rotatable bonds is 4. The van der Waals surface area contributed by atoms with Crippen molar-refractivity contribution in [2.45, 2.75) is 38.6 Å². The van der Waals surface area contributed by atoms with E-state index in [1.54, 1.807) is 12.1 Å². The fourth-order valence-electron chi connectivity index (χ4n) is 2.58. The van der Waals surface area contributed by atoms with Crippen molar-refractivity contribution in [1.29, 1.82) is 0 Å². The van der Waals surface area contributed by atoms with Gasteiger partial charge in [0.2, 0.25) is 0 Å². The maximum absolute atomic E-state index is 10.9. The van der Waals surface area contributed by atoms with Gasteiger partial charge in [0.1, 0.15) is 0 Å². The van der Waals surface area contributed by atoms with E-state index in [9.17, 15) is 10.1 Å². The van der Waals surface area contributed by atoms with Crippen LogP contribution in [0.3, 0.4) is 0 Å². The maximum atomic E-state index is 10.9. The van der Waals surface area contributed by atoms with Gasteiger partial charge in [-0.1, -0.05) is 12.8 Å². The van der Waals surface area contributed by atoms with Crippen LogP contribution < -0.4 is 5.32 Å². The van der Waals surface area contributed by atoms with Gasteiger partial charge in [0.25, 0.3) is 5.69 Å². The second kappa shape index (κ2) is 5.69. The fraction of sp³-hybridized carbons (Fsp3) is 0.538. The van der Waals surface area contributed by atoms with Crippen LogP contribution in [0.2, 0.25) is 0 Å². The molecule has 5 heteroatoms. The normalized spacial score (nSPS) is 17.7. The number of halogens is 1. The van der Waals surface area contributed by atoms with E-state index in [1.807, 2.05) is 6.07 Å². The van der Waals surface area contributed by atoms with E-state index in [0.717, 1.165) is 5.69 Å². The number of hydrogen-bond acceptors (Lipinski definition) is 3. The number of nitro groups is 1. The zero-order chi connectivity index (χ0) is 13.1. The second-order valence-corrected chi connectivity index (χ2v) is 5.76. The van der Waals surface area contributed by atoms with Crippen molar-refractivity contribution >= 4 is 27.3 Å². The molecule has 0 radical (unpaired) electrons. The fourth-order valence-corrected chi connectivity index (χ4v) is 2.97. The molecule has 1 N–H and O–H groups in total. The monoisotopic (exact) mass is 312 g/mol. The predicted octanol–water partition coefficient (Wildman–Crippen LogP) is 4.35. The van der Waals surface area contributed by atoms with Crippen LogP contribution in [0, 0.1) is 16.0 Å². The third-order valence-corrected chi connectivity index (χ3v) is 4.31. The first-order valence-electron chi connectivity index (χ1n) is 6.28. The lowest BCUT2D eigenvalue weighted by atomic mass is 9.99. The number of anilines is 1. The molecule has 1 atom stereocenters. The summed E-state index contributed by atoms with van der Waals surface area (Å²) >= 11 is 3.19. The van der Waals surface area contributed by atoms with E-state index < -0.39 is 0 Å². The molecule has 0 amide bonds. The Bertz CT molecular complexity index is 445. The summed E-state index contributed by atoms with van der Waals surface area (Å²) in [4.78, 5) is 10.5. The zero-order valence-corrected chi connectivity index (χ0v) is 11.9. The molecule has 0 spiro atoms. The van der Waals surface area contributed by atoms with Gasteiger partial charge in [-0.3, -0.25) is 10.1 Å². The SMILES string of the molecule is CC(Nc1ccc(Br)c([N+](=O)[O-])c1)C1CCCC1. The minimum atomic E-state index is -0.366. The summed E-state index contributed by atoms with van der Waals surface area (Å²) in [5.74, 6) is 0.688. The van der Waals surface area contributed by atoms with Crippen molar-refractivity contribution in [3.8, 4) is 0 Å². The Labute approximate surface area is 115 Å². The molecule has 0 aliphatic heterocycles. The predicted molar refractivity (Wildman–Crippen MR) is 75.8 cm³/mol. The van der Waals surface area contributed by atoms with E-state index in [2.05, 4.69) is 28.2 Å². The number of nitrogens with one attached hydrogen (secondary N) is 1. The largest absolute Gasteiger partial charge is 0.382 e. The highest BCUT2D eigenvalue weighted by atomic mass is 79.9. The van der Waals surface area contributed by atoms with Crippen molar-refractivity contribution in [2.24, 2.45) is 5.92 Å². The Kier molecular flexibility index (Phi) is 4.22. The van der Waals surface area contributed by atoms with Gasteiger partial charge in [0.05, 0.1) is 9.40 Å². The van der Waals surface area contributed by atoms with Crippen LogP contribution in [0.4, 0.5) is 11.4 Å². The van der Waals surface area contributed by atoms with E-state index in [1.165, 1.54) is 25.7 Å². The third-order valence-electron chi connectivity index (χ3n) is 3.64. The summed E-state index contributed by atoms with van der Waals surface area (Å²) in [6.07, 6.45) is 5.12. The summed E-state index contributed by atoms with van der Waals surface area (Å²) in [7, 11) is 0. The standard InChI is InChI=1S/C13H17BrN2O2/c1-9(10-4-2-3-5-10)15-11-6-7-12(14)13(8-11)16(17)18/h6-10,15H,2-5H2,1H3. The van der Waals surface area contributed by atoms with E-state index >= 15 is 0 Å². The van der Waals surface area contributed by atoms with Crippen LogP contribution in [0.25, 0.3) is 0 Å². The Morgan fingerprint density at radius 1 is 1.44 bits per heavy atom. The topological polar surface area (TPSA) is 55.2 Å². The van der Waals surface area contributed by atoms with Crippen LogP contribution in [-0.4, -0.2) is 11.0 Å². The molecule has 1 aliphatic carbocycles. The van der Waals surface area contributed by atoms with Crippen molar-refractivity contribution < 1.29 is 4.92 Å². The molecule has 1 fully saturated rings. The molecule has 0 aromatic heterocycles. The lowest BCUT2D eigenvalue weighted by Gasteiger charge is -2.21. The summed E-state index contributed by atoms with van der Waals surface area (Å²) in [6, 6.07) is 5.56. The molecule has 1 aliphatic rings. The second-order valence-electron chi connectivity index (χ2n) is 4.90. The summed E-state index contributed by atoms with van der Waals surface area (Å²) in [6.45, 7) is 2.16. The molecule has 1 aromatic rings. The molecule has 1 unspecified atom stereocenters. The average Bonchev–Trinajstić information content (AvgIpc) is 2.85.